The average molecular weight is 361 g/mol. The molecule has 0 radical (unpaired) electrons. The van der Waals surface area contributed by atoms with E-state index in [1.807, 2.05) is 12.1 Å². The van der Waals surface area contributed by atoms with E-state index >= 15 is 0 Å². The van der Waals surface area contributed by atoms with E-state index in [2.05, 4.69) is 33.1 Å². The summed E-state index contributed by atoms with van der Waals surface area (Å²) in [6.07, 6.45) is 7.36. The molecule has 0 spiro atoms. The first-order valence-electron chi connectivity index (χ1n) is 9.58. The molecule has 1 saturated carbocycles. The number of amides is 1. The average Bonchev–Trinajstić information content (AvgIpc) is 2.68. The number of rotatable bonds is 8. The van der Waals surface area contributed by atoms with E-state index in [1.165, 1.54) is 24.8 Å². The van der Waals surface area contributed by atoms with Gasteiger partial charge in [0.1, 0.15) is 5.75 Å². The highest BCUT2D eigenvalue weighted by Gasteiger charge is 2.15. The third kappa shape index (κ3) is 7.33. The molecule has 144 valence electrons. The standard InChI is InChI=1S/C20H32N4O2/c1-21-20(22-14-12-16-8-10-18(26-2)11-9-16)23-15-13-19(25)24-17-6-4-3-5-7-17/h8-11,17H,3-7,12-15H2,1-2H3,(H,24,25)(H2,21,22,23). The lowest BCUT2D eigenvalue weighted by molar-refractivity contribution is -0.121. The fourth-order valence-electron chi connectivity index (χ4n) is 3.18. The summed E-state index contributed by atoms with van der Waals surface area (Å²) >= 11 is 0. The first-order chi connectivity index (χ1) is 12.7. The van der Waals surface area contributed by atoms with E-state index in [0.717, 1.165) is 37.5 Å². The van der Waals surface area contributed by atoms with Crippen molar-refractivity contribution in [3.8, 4) is 5.75 Å². The van der Waals surface area contributed by atoms with Crippen LogP contribution >= 0.6 is 0 Å². The molecule has 1 fully saturated rings. The van der Waals surface area contributed by atoms with Crippen LogP contribution in [0.2, 0.25) is 0 Å². The van der Waals surface area contributed by atoms with Crippen LogP contribution in [0, 0.1) is 0 Å². The van der Waals surface area contributed by atoms with E-state index in [4.69, 9.17) is 4.74 Å². The van der Waals surface area contributed by atoms with Crippen LogP contribution in [0.4, 0.5) is 0 Å². The minimum atomic E-state index is 0.123. The third-order valence-corrected chi connectivity index (χ3v) is 4.70. The largest absolute Gasteiger partial charge is 0.497 e. The van der Waals surface area contributed by atoms with E-state index in [1.54, 1.807) is 14.2 Å². The number of guanidine groups is 1. The van der Waals surface area contributed by atoms with Crippen molar-refractivity contribution >= 4 is 11.9 Å². The summed E-state index contributed by atoms with van der Waals surface area (Å²) in [5.41, 5.74) is 1.24. The maximum absolute atomic E-state index is 12.0. The van der Waals surface area contributed by atoms with Gasteiger partial charge in [0.05, 0.1) is 7.11 Å². The third-order valence-electron chi connectivity index (χ3n) is 4.70. The number of carbonyl (C=O) groups excluding carboxylic acids is 1. The summed E-state index contributed by atoms with van der Waals surface area (Å²) in [6.45, 7) is 1.36. The Labute approximate surface area is 156 Å². The zero-order chi connectivity index (χ0) is 18.6. The highest BCUT2D eigenvalue weighted by atomic mass is 16.5. The number of ether oxygens (including phenoxy) is 1. The lowest BCUT2D eigenvalue weighted by Crippen LogP contribution is -2.41. The van der Waals surface area contributed by atoms with Gasteiger partial charge >= 0.3 is 0 Å². The molecule has 3 N–H and O–H groups in total. The van der Waals surface area contributed by atoms with Crippen LogP contribution in [0.1, 0.15) is 44.1 Å². The first kappa shape index (κ1) is 20.1. The molecule has 1 aliphatic rings. The van der Waals surface area contributed by atoms with Gasteiger partial charge in [-0.15, -0.1) is 0 Å². The zero-order valence-corrected chi connectivity index (χ0v) is 16.0. The van der Waals surface area contributed by atoms with Crippen molar-refractivity contribution in [2.75, 3.05) is 27.2 Å². The molecule has 0 unspecified atom stereocenters. The normalized spacial score (nSPS) is 15.4. The Hall–Kier alpha value is -2.24. The van der Waals surface area contributed by atoms with Gasteiger partial charge in [0, 0.05) is 32.6 Å². The topological polar surface area (TPSA) is 74.8 Å². The fraction of sp³-hybridized carbons (Fsp3) is 0.600. The summed E-state index contributed by atoms with van der Waals surface area (Å²) in [5, 5.41) is 9.61. The van der Waals surface area contributed by atoms with Gasteiger partial charge in [-0.2, -0.15) is 0 Å². The molecule has 0 aromatic heterocycles. The molecule has 1 aliphatic carbocycles. The number of methoxy groups -OCH3 is 1. The number of nitrogens with one attached hydrogen (secondary N) is 3. The van der Waals surface area contributed by atoms with Crippen molar-refractivity contribution < 1.29 is 9.53 Å². The molecule has 0 atom stereocenters. The maximum Gasteiger partial charge on any atom is 0.221 e. The minimum absolute atomic E-state index is 0.123. The summed E-state index contributed by atoms with van der Waals surface area (Å²) in [7, 11) is 3.41. The van der Waals surface area contributed by atoms with Crippen molar-refractivity contribution in [1.82, 2.24) is 16.0 Å². The highest BCUT2D eigenvalue weighted by molar-refractivity contribution is 5.81. The Morgan fingerprint density at radius 3 is 2.46 bits per heavy atom. The van der Waals surface area contributed by atoms with Crippen LogP contribution in [0.3, 0.4) is 0 Å². The molecule has 1 aromatic carbocycles. The molecular formula is C20H32N4O2. The van der Waals surface area contributed by atoms with Gasteiger partial charge in [-0.1, -0.05) is 31.4 Å². The summed E-state index contributed by atoms with van der Waals surface area (Å²) in [4.78, 5) is 16.2. The molecule has 2 rings (SSSR count). The van der Waals surface area contributed by atoms with E-state index in [-0.39, 0.29) is 5.91 Å². The predicted octanol–water partition coefficient (Wildman–Crippen LogP) is 2.24. The number of aliphatic imine (C=N–C) groups is 1. The van der Waals surface area contributed by atoms with Crippen molar-refractivity contribution in [3.63, 3.8) is 0 Å². The second-order valence-corrected chi connectivity index (χ2v) is 6.68. The van der Waals surface area contributed by atoms with Crippen molar-refractivity contribution in [1.29, 1.82) is 0 Å². The second kappa shape index (κ2) is 11.4. The van der Waals surface area contributed by atoms with Gasteiger partial charge in [0.2, 0.25) is 5.91 Å². The lowest BCUT2D eigenvalue weighted by atomic mass is 9.95. The summed E-state index contributed by atoms with van der Waals surface area (Å²) < 4.78 is 5.16. The number of carbonyl (C=O) groups is 1. The Balaban J connectivity index is 1.60. The van der Waals surface area contributed by atoms with Gasteiger partial charge < -0.3 is 20.7 Å². The van der Waals surface area contributed by atoms with Crippen molar-refractivity contribution in [2.45, 2.75) is 51.0 Å². The SMILES string of the molecule is CN=C(NCCC(=O)NC1CCCCC1)NCCc1ccc(OC)cc1. The van der Waals surface area contributed by atoms with Crippen LogP contribution in [0.5, 0.6) is 5.75 Å². The number of nitrogens with zero attached hydrogens (tertiary/aromatic N) is 1. The smallest absolute Gasteiger partial charge is 0.221 e. The lowest BCUT2D eigenvalue weighted by Gasteiger charge is -2.22. The zero-order valence-electron chi connectivity index (χ0n) is 16.0. The van der Waals surface area contributed by atoms with Crippen LogP contribution in [0.25, 0.3) is 0 Å². The number of hydrogen-bond donors (Lipinski definition) is 3. The first-order valence-corrected chi connectivity index (χ1v) is 9.58. The van der Waals surface area contributed by atoms with Crippen molar-refractivity contribution in [2.24, 2.45) is 4.99 Å². The summed E-state index contributed by atoms with van der Waals surface area (Å²) in [6, 6.07) is 8.43. The molecule has 0 saturated heterocycles. The number of benzene rings is 1. The number of hydrogen-bond acceptors (Lipinski definition) is 3. The maximum atomic E-state index is 12.0. The molecule has 0 bridgehead atoms. The van der Waals surface area contributed by atoms with E-state index < -0.39 is 0 Å². The molecule has 26 heavy (non-hydrogen) atoms. The Morgan fingerprint density at radius 1 is 1.12 bits per heavy atom. The van der Waals surface area contributed by atoms with Crippen LogP contribution in [0.15, 0.2) is 29.3 Å². The van der Waals surface area contributed by atoms with Gasteiger partial charge in [0.25, 0.3) is 0 Å². The molecule has 6 nitrogen and oxygen atoms in total. The van der Waals surface area contributed by atoms with Crippen LogP contribution < -0.4 is 20.7 Å². The Kier molecular flexibility index (Phi) is 8.79. The van der Waals surface area contributed by atoms with Gasteiger partial charge in [-0.05, 0) is 37.0 Å². The molecule has 1 aromatic rings. The predicted molar refractivity (Wildman–Crippen MR) is 106 cm³/mol. The van der Waals surface area contributed by atoms with Crippen molar-refractivity contribution in [3.05, 3.63) is 29.8 Å². The molecular weight excluding hydrogens is 328 g/mol. The molecule has 6 heteroatoms. The van der Waals surface area contributed by atoms with Gasteiger partial charge in [0.15, 0.2) is 5.96 Å². The molecule has 0 aliphatic heterocycles. The Bertz CT molecular complexity index is 566. The molecule has 0 heterocycles. The summed E-state index contributed by atoms with van der Waals surface area (Å²) in [5.74, 6) is 1.72. The van der Waals surface area contributed by atoms with Gasteiger partial charge in [-0.25, -0.2) is 0 Å². The second-order valence-electron chi connectivity index (χ2n) is 6.68. The van der Waals surface area contributed by atoms with Gasteiger partial charge in [-0.3, -0.25) is 9.79 Å². The van der Waals surface area contributed by atoms with E-state index in [0.29, 0.717) is 19.0 Å². The van der Waals surface area contributed by atoms with Crippen LogP contribution in [-0.4, -0.2) is 45.2 Å². The highest BCUT2D eigenvalue weighted by Crippen LogP contribution is 2.17. The monoisotopic (exact) mass is 360 g/mol. The van der Waals surface area contributed by atoms with Crippen LogP contribution in [-0.2, 0) is 11.2 Å². The van der Waals surface area contributed by atoms with E-state index in [9.17, 15) is 4.79 Å². The minimum Gasteiger partial charge on any atom is -0.497 e. The Morgan fingerprint density at radius 2 is 1.81 bits per heavy atom. The molecule has 1 amide bonds. The quantitative estimate of drug-likeness (QED) is 0.491. The fourth-order valence-corrected chi connectivity index (χ4v) is 3.18.